The molecule has 0 aliphatic carbocycles. The van der Waals surface area contributed by atoms with Gasteiger partial charge in [0.2, 0.25) is 5.91 Å². The van der Waals surface area contributed by atoms with Crippen LogP contribution in [0.5, 0.6) is 0 Å². The molecule has 0 saturated heterocycles. The third-order valence-electron chi connectivity index (χ3n) is 4.63. The zero-order valence-electron chi connectivity index (χ0n) is 15.5. The zero-order chi connectivity index (χ0) is 19.6. The van der Waals surface area contributed by atoms with E-state index in [-0.39, 0.29) is 18.1 Å². The molecule has 0 saturated carbocycles. The van der Waals surface area contributed by atoms with Gasteiger partial charge in [-0.3, -0.25) is 4.79 Å². The van der Waals surface area contributed by atoms with E-state index < -0.39 is 15.8 Å². The largest absolute Gasteiger partial charge is 0.343 e. The van der Waals surface area contributed by atoms with E-state index in [0.717, 1.165) is 22.2 Å². The van der Waals surface area contributed by atoms with Crippen molar-refractivity contribution in [3.05, 3.63) is 53.5 Å². The minimum absolute atomic E-state index is 0.0680. The van der Waals surface area contributed by atoms with Crippen molar-refractivity contribution >= 4 is 32.6 Å². The van der Waals surface area contributed by atoms with Crippen LogP contribution in [-0.4, -0.2) is 41.3 Å². The lowest BCUT2D eigenvalue weighted by molar-refractivity contribution is -0.117. The third-order valence-corrected chi connectivity index (χ3v) is 5.61. The van der Waals surface area contributed by atoms with Gasteiger partial charge in [-0.15, -0.1) is 0 Å². The predicted molar refractivity (Wildman–Crippen MR) is 106 cm³/mol. The van der Waals surface area contributed by atoms with Crippen LogP contribution >= 0.6 is 0 Å². The highest BCUT2D eigenvalue weighted by atomic mass is 32.2. The first-order valence-corrected chi connectivity index (χ1v) is 10.7. The first-order valence-electron chi connectivity index (χ1n) is 8.59. The number of fused-ring (bicyclic) bond motifs is 1. The lowest BCUT2D eigenvalue weighted by Crippen LogP contribution is -2.24. The predicted octanol–water partition coefficient (Wildman–Crippen LogP) is 2.73. The smallest absolute Gasteiger partial charge is 0.233 e. The summed E-state index contributed by atoms with van der Waals surface area (Å²) in [6.45, 7) is 3.87. The van der Waals surface area contributed by atoms with Gasteiger partial charge in [-0.25, -0.2) is 18.4 Å². The van der Waals surface area contributed by atoms with Gasteiger partial charge in [0.25, 0.3) is 0 Å². The molecule has 2 N–H and O–H groups in total. The van der Waals surface area contributed by atoms with Crippen LogP contribution in [-0.2, 0) is 14.6 Å². The van der Waals surface area contributed by atoms with E-state index in [2.05, 4.69) is 20.3 Å². The highest BCUT2D eigenvalue weighted by molar-refractivity contribution is 7.90. The summed E-state index contributed by atoms with van der Waals surface area (Å²) in [5, 5.41) is 3.63. The van der Waals surface area contributed by atoms with Crippen LogP contribution in [0.15, 0.2) is 36.7 Å². The summed E-state index contributed by atoms with van der Waals surface area (Å²) in [6.07, 6.45) is 2.77. The molecule has 142 valence electrons. The molecule has 3 rings (SSSR count). The number of aromatic nitrogens is 3. The number of carbonyl (C=O) groups is 1. The number of sulfone groups is 1. The van der Waals surface area contributed by atoms with E-state index >= 15 is 0 Å². The maximum Gasteiger partial charge on any atom is 0.233 e. The van der Waals surface area contributed by atoms with E-state index in [4.69, 9.17) is 0 Å². The minimum Gasteiger partial charge on any atom is -0.343 e. The van der Waals surface area contributed by atoms with Gasteiger partial charge >= 0.3 is 0 Å². The van der Waals surface area contributed by atoms with Crippen molar-refractivity contribution in [3.8, 4) is 0 Å². The molecule has 1 atom stereocenters. The molecule has 0 radical (unpaired) electrons. The van der Waals surface area contributed by atoms with Crippen molar-refractivity contribution in [2.24, 2.45) is 0 Å². The van der Waals surface area contributed by atoms with Gasteiger partial charge in [0.1, 0.15) is 27.6 Å². The summed E-state index contributed by atoms with van der Waals surface area (Å²) >= 11 is 0. The van der Waals surface area contributed by atoms with Crippen LogP contribution in [0.4, 0.5) is 5.82 Å². The number of hydrogen-bond acceptors (Lipinski definition) is 5. The number of aryl methyl sites for hydroxylation is 2. The standard InChI is InChI=1S/C19H22N4O3S/c1-12-13(2)22-17-16(12)18(21-11-20-17)23-19(24)15(9-10-27(3,25)26)14-7-5-4-6-8-14/h4-8,11,15H,9-10H2,1-3H3,(H2,20,21,22,23,24). The number of hydrogen-bond donors (Lipinski definition) is 2. The normalized spacial score (nSPS) is 12.9. The quantitative estimate of drug-likeness (QED) is 0.678. The highest BCUT2D eigenvalue weighted by Crippen LogP contribution is 2.28. The fourth-order valence-corrected chi connectivity index (χ4v) is 3.72. The van der Waals surface area contributed by atoms with Gasteiger partial charge < -0.3 is 10.3 Å². The van der Waals surface area contributed by atoms with E-state index in [9.17, 15) is 13.2 Å². The molecule has 3 aromatic rings. The third kappa shape index (κ3) is 4.33. The molecule has 1 amide bonds. The lowest BCUT2D eigenvalue weighted by Gasteiger charge is -2.17. The fraction of sp³-hybridized carbons (Fsp3) is 0.316. The molecule has 0 bridgehead atoms. The number of carbonyl (C=O) groups excluding carboxylic acids is 1. The van der Waals surface area contributed by atoms with Crippen LogP contribution in [0.1, 0.15) is 29.2 Å². The van der Waals surface area contributed by atoms with Crippen LogP contribution in [0.3, 0.4) is 0 Å². The Labute approximate surface area is 158 Å². The second-order valence-electron chi connectivity index (χ2n) is 6.69. The fourth-order valence-electron chi connectivity index (χ4n) is 3.06. The van der Waals surface area contributed by atoms with Crippen molar-refractivity contribution in [2.75, 3.05) is 17.3 Å². The monoisotopic (exact) mass is 386 g/mol. The Hall–Kier alpha value is -2.74. The molecule has 27 heavy (non-hydrogen) atoms. The van der Waals surface area contributed by atoms with Gasteiger partial charge in [0.15, 0.2) is 0 Å². The van der Waals surface area contributed by atoms with Crippen molar-refractivity contribution in [3.63, 3.8) is 0 Å². The van der Waals surface area contributed by atoms with E-state index in [1.165, 1.54) is 12.6 Å². The van der Waals surface area contributed by atoms with Gasteiger partial charge in [-0.2, -0.15) is 0 Å². The number of anilines is 1. The average molecular weight is 386 g/mol. The zero-order valence-corrected chi connectivity index (χ0v) is 16.3. The second kappa shape index (κ2) is 7.48. The van der Waals surface area contributed by atoms with Crippen molar-refractivity contribution in [1.29, 1.82) is 0 Å². The first-order chi connectivity index (χ1) is 12.8. The number of nitrogens with zero attached hydrogens (tertiary/aromatic N) is 2. The molecule has 2 heterocycles. The van der Waals surface area contributed by atoms with Gasteiger partial charge in [0, 0.05) is 11.9 Å². The number of nitrogens with one attached hydrogen (secondary N) is 2. The van der Waals surface area contributed by atoms with Crippen molar-refractivity contribution in [2.45, 2.75) is 26.2 Å². The number of rotatable bonds is 6. The minimum atomic E-state index is -3.18. The molecule has 1 aromatic carbocycles. The van der Waals surface area contributed by atoms with Crippen molar-refractivity contribution in [1.82, 2.24) is 15.0 Å². The van der Waals surface area contributed by atoms with Gasteiger partial charge in [-0.1, -0.05) is 30.3 Å². The van der Waals surface area contributed by atoms with Crippen molar-refractivity contribution < 1.29 is 13.2 Å². The average Bonchev–Trinajstić information content (AvgIpc) is 2.90. The number of aromatic amines is 1. The molecule has 0 aliphatic heterocycles. The Morgan fingerprint density at radius 1 is 1.19 bits per heavy atom. The summed E-state index contributed by atoms with van der Waals surface area (Å²) in [4.78, 5) is 24.6. The SMILES string of the molecule is Cc1[nH]c2ncnc(NC(=O)C(CCS(C)(=O)=O)c3ccccc3)c2c1C. The summed E-state index contributed by atoms with van der Waals surface area (Å²) in [5.74, 6) is -0.525. The van der Waals surface area contributed by atoms with Crippen LogP contribution in [0, 0.1) is 13.8 Å². The Morgan fingerprint density at radius 2 is 1.89 bits per heavy atom. The Bertz CT molecular complexity index is 1080. The number of H-pyrrole nitrogens is 1. The molecule has 1 unspecified atom stereocenters. The number of amides is 1. The summed E-state index contributed by atoms with van der Waals surface area (Å²) in [6, 6.07) is 9.17. The summed E-state index contributed by atoms with van der Waals surface area (Å²) in [7, 11) is -3.18. The second-order valence-corrected chi connectivity index (χ2v) is 8.95. The van der Waals surface area contributed by atoms with Crippen LogP contribution < -0.4 is 5.32 Å². The van der Waals surface area contributed by atoms with Gasteiger partial charge in [0.05, 0.1) is 17.1 Å². The molecule has 2 aromatic heterocycles. The van der Waals surface area contributed by atoms with E-state index in [1.807, 2.05) is 44.2 Å². The molecule has 8 heteroatoms. The first kappa shape index (κ1) is 19.0. The number of benzene rings is 1. The van der Waals surface area contributed by atoms with Crippen LogP contribution in [0.2, 0.25) is 0 Å². The molecule has 0 aliphatic rings. The van der Waals surface area contributed by atoms with E-state index in [0.29, 0.717) is 11.5 Å². The Kier molecular flexibility index (Phi) is 5.27. The Morgan fingerprint density at radius 3 is 2.56 bits per heavy atom. The molecule has 0 spiro atoms. The Balaban J connectivity index is 1.93. The van der Waals surface area contributed by atoms with E-state index in [1.54, 1.807) is 0 Å². The topological polar surface area (TPSA) is 105 Å². The maximum atomic E-state index is 13.0. The summed E-state index contributed by atoms with van der Waals surface area (Å²) in [5.41, 5.74) is 3.35. The maximum absolute atomic E-state index is 13.0. The summed E-state index contributed by atoms with van der Waals surface area (Å²) < 4.78 is 23.2. The van der Waals surface area contributed by atoms with Crippen LogP contribution in [0.25, 0.3) is 11.0 Å². The lowest BCUT2D eigenvalue weighted by atomic mass is 9.95. The molecule has 7 nitrogen and oxygen atoms in total. The molecule has 0 fully saturated rings. The van der Waals surface area contributed by atoms with Gasteiger partial charge in [-0.05, 0) is 31.4 Å². The molecular formula is C19H22N4O3S. The molecular weight excluding hydrogens is 364 g/mol. The highest BCUT2D eigenvalue weighted by Gasteiger charge is 2.24.